The van der Waals surface area contributed by atoms with Crippen LogP contribution in [0.5, 0.6) is 0 Å². The number of fused-ring (bicyclic) bond motifs is 1. The first-order valence-electron chi connectivity index (χ1n) is 4.87. The van der Waals surface area contributed by atoms with Gasteiger partial charge in [-0.15, -0.1) is 0 Å². The van der Waals surface area contributed by atoms with E-state index >= 15 is 0 Å². The summed E-state index contributed by atoms with van der Waals surface area (Å²) in [6.45, 7) is 1.95. The molecule has 1 aromatic heterocycles. The van der Waals surface area contributed by atoms with Crippen LogP contribution in [0.1, 0.15) is 24.1 Å². The lowest BCUT2D eigenvalue weighted by Gasteiger charge is -2.25. The van der Waals surface area contributed by atoms with E-state index in [9.17, 15) is 4.79 Å². The Kier molecular flexibility index (Phi) is 1.41. The smallest absolute Gasteiger partial charge is 0.268 e. The number of aromatic nitrogens is 2. The van der Waals surface area contributed by atoms with E-state index in [0.29, 0.717) is 0 Å². The summed E-state index contributed by atoms with van der Waals surface area (Å²) in [5, 5.41) is 5.59. The Balaban J connectivity index is 1.92. The molecule has 4 heteroatoms. The number of hydrogen-bond acceptors (Lipinski definition) is 2. The summed E-state index contributed by atoms with van der Waals surface area (Å²) >= 11 is 0. The average molecular weight is 179 g/mol. The molecule has 1 aromatic rings. The molecule has 3 rings (SSSR count). The number of hydrogen-bond donors (Lipinski definition) is 2. The summed E-state index contributed by atoms with van der Waals surface area (Å²) < 4.78 is 0. The molecule has 1 saturated carbocycles. The summed E-state index contributed by atoms with van der Waals surface area (Å²) in [5.74, 6) is 0. The van der Waals surface area contributed by atoms with Crippen LogP contribution in [-0.2, 0) is 13.0 Å². The molecule has 1 aliphatic heterocycles. The molecule has 0 aromatic carbocycles. The van der Waals surface area contributed by atoms with Crippen LogP contribution in [0.3, 0.4) is 0 Å². The van der Waals surface area contributed by atoms with Gasteiger partial charge in [-0.05, 0) is 12.8 Å². The van der Waals surface area contributed by atoms with Gasteiger partial charge in [-0.2, -0.15) is 0 Å². The fraction of sp³-hybridized carbons (Fsp3) is 0.667. The average Bonchev–Trinajstić information content (AvgIpc) is 2.93. The third kappa shape index (κ3) is 1.13. The van der Waals surface area contributed by atoms with Crippen molar-refractivity contribution < 1.29 is 0 Å². The molecule has 4 nitrogen and oxygen atoms in total. The highest BCUT2D eigenvalue weighted by Gasteiger charge is 2.32. The fourth-order valence-electron chi connectivity index (χ4n) is 2.09. The number of nitrogens with one attached hydrogen (secondary N) is 2. The molecule has 2 N–H and O–H groups in total. The van der Waals surface area contributed by atoms with Gasteiger partial charge in [0.1, 0.15) is 0 Å². The number of rotatable bonds is 1. The summed E-state index contributed by atoms with van der Waals surface area (Å²) in [7, 11) is 0. The molecule has 1 fully saturated rings. The molecule has 2 aliphatic rings. The lowest BCUT2D eigenvalue weighted by atomic mass is 10.1. The van der Waals surface area contributed by atoms with Crippen molar-refractivity contribution >= 4 is 0 Å². The first-order valence-corrected chi connectivity index (χ1v) is 4.87. The van der Waals surface area contributed by atoms with Crippen LogP contribution < -0.4 is 5.56 Å². The third-order valence-corrected chi connectivity index (χ3v) is 3.04. The first kappa shape index (κ1) is 7.38. The monoisotopic (exact) mass is 179 g/mol. The van der Waals surface area contributed by atoms with Crippen LogP contribution in [0.2, 0.25) is 0 Å². The van der Waals surface area contributed by atoms with E-state index in [0.717, 1.165) is 36.8 Å². The maximum Gasteiger partial charge on any atom is 0.268 e. The van der Waals surface area contributed by atoms with Crippen molar-refractivity contribution in [3.05, 3.63) is 21.6 Å². The second kappa shape index (κ2) is 2.48. The zero-order valence-electron chi connectivity index (χ0n) is 7.47. The molecule has 0 amide bonds. The zero-order chi connectivity index (χ0) is 8.84. The molecular weight excluding hydrogens is 166 g/mol. The molecule has 70 valence electrons. The predicted octanol–water partition coefficient (Wildman–Crippen LogP) is 0.223. The second-order valence-electron chi connectivity index (χ2n) is 3.99. The van der Waals surface area contributed by atoms with Gasteiger partial charge in [0.05, 0.1) is 5.56 Å². The van der Waals surface area contributed by atoms with Crippen LogP contribution in [0, 0.1) is 0 Å². The van der Waals surface area contributed by atoms with Crippen molar-refractivity contribution in [2.45, 2.75) is 31.8 Å². The molecule has 0 unspecified atom stereocenters. The molecule has 1 aliphatic carbocycles. The minimum atomic E-state index is 0.0698. The molecule has 2 heterocycles. The van der Waals surface area contributed by atoms with Crippen LogP contribution in [0.25, 0.3) is 0 Å². The van der Waals surface area contributed by atoms with Gasteiger partial charge < -0.3 is 5.10 Å². The van der Waals surface area contributed by atoms with Gasteiger partial charge >= 0.3 is 0 Å². The van der Waals surface area contributed by atoms with Gasteiger partial charge in [0, 0.05) is 31.2 Å². The van der Waals surface area contributed by atoms with Gasteiger partial charge in [0.2, 0.25) is 0 Å². The highest BCUT2D eigenvalue weighted by atomic mass is 16.1. The summed E-state index contributed by atoms with van der Waals surface area (Å²) in [4.78, 5) is 13.8. The van der Waals surface area contributed by atoms with E-state index in [-0.39, 0.29) is 5.56 Å². The van der Waals surface area contributed by atoms with Crippen LogP contribution in [0.15, 0.2) is 4.79 Å². The normalized spacial score (nSPS) is 23.1. The molecule has 0 spiro atoms. The third-order valence-electron chi connectivity index (χ3n) is 3.04. The van der Waals surface area contributed by atoms with Crippen molar-refractivity contribution in [2.24, 2.45) is 0 Å². The lowest BCUT2D eigenvalue weighted by Crippen LogP contribution is -2.34. The molecule has 13 heavy (non-hydrogen) atoms. The minimum Gasteiger partial charge on any atom is -0.302 e. The molecule has 0 radical (unpaired) electrons. The molecule has 0 atom stereocenters. The van der Waals surface area contributed by atoms with Gasteiger partial charge in [0.15, 0.2) is 0 Å². The number of H-pyrrole nitrogens is 2. The summed E-state index contributed by atoms with van der Waals surface area (Å²) in [6, 6.07) is 0.766. The summed E-state index contributed by atoms with van der Waals surface area (Å²) in [6.07, 6.45) is 3.62. The van der Waals surface area contributed by atoms with E-state index < -0.39 is 0 Å². The van der Waals surface area contributed by atoms with Crippen molar-refractivity contribution in [1.29, 1.82) is 0 Å². The largest absolute Gasteiger partial charge is 0.302 e. The van der Waals surface area contributed by atoms with Crippen molar-refractivity contribution in [3.8, 4) is 0 Å². The van der Waals surface area contributed by atoms with E-state index in [1.165, 1.54) is 12.8 Å². The van der Waals surface area contributed by atoms with Gasteiger partial charge in [-0.1, -0.05) is 0 Å². The Morgan fingerprint density at radius 1 is 1.31 bits per heavy atom. The Hall–Kier alpha value is -1.03. The van der Waals surface area contributed by atoms with E-state index in [1.807, 2.05) is 0 Å². The maximum absolute atomic E-state index is 11.3. The second-order valence-corrected chi connectivity index (χ2v) is 3.99. The van der Waals surface area contributed by atoms with Crippen molar-refractivity contribution in [1.82, 2.24) is 15.1 Å². The highest BCUT2D eigenvalue weighted by Crippen LogP contribution is 2.30. The van der Waals surface area contributed by atoms with Gasteiger partial charge in [0.25, 0.3) is 5.56 Å². The Morgan fingerprint density at radius 2 is 2.15 bits per heavy atom. The number of nitrogens with zero attached hydrogens (tertiary/aromatic N) is 1. The Bertz CT molecular complexity index is 374. The zero-order valence-corrected chi connectivity index (χ0v) is 7.47. The summed E-state index contributed by atoms with van der Waals surface area (Å²) in [5.41, 5.74) is 2.14. The molecular formula is C9H13N3O. The van der Waals surface area contributed by atoms with E-state index in [1.54, 1.807) is 0 Å². The topological polar surface area (TPSA) is 51.9 Å². The van der Waals surface area contributed by atoms with Crippen molar-refractivity contribution in [3.63, 3.8) is 0 Å². The minimum absolute atomic E-state index is 0.0698. The van der Waals surface area contributed by atoms with E-state index in [4.69, 9.17) is 0 Å². The van der Waals surface area contributed by atoms with Gasteiger partial charge in [-0.25, -0.2) is 0 Å². The van der Waals surface area contributed by atoms with Crippen LogP contribution in [-0.4, -0.2) is 27.7 Å². The Morgan fingerprint density at radius 3 is 2.92 bits per heavy atom. The number of aromatic amines is 2. The van der Waals surface area contributed by atoms with Gasteiger partial charge in [-0.3, -0.25) is 14.8 Å². The predicted molar refractivity (Wildman–Crippen MR) is 48.5 cm³/mol. The Labute approximate surface area is 75.9 Å². The maximum atomic E-state index is 11.3. The molecule has 0 bridgehead atoms. The van der Waals surface area contributed by atoms with Crippen LogP contribution in [0.4, 0.5) is 0 Å². The SMILES string of the molecule is O=c1[nH][nH]c2c1CN(C1CC1)CC2. The van der Waals surface area contributed by atoms with Crippen molar-refractivity contribution in [2.75, 3.05) is 6.54 Å². The van der Waals surface area contributed by atoms with E-state index in [2.05, 4.69) is 15.1 Å². The molecule has 0 saturated heterocycles. The first-order chi connectivity index (χ1) is 6.34. The lowest BCUT2D eigenvalue weighted by molar-refractivity contribution is 0.242. The fourth-order valence-corrected chi connectivity index (χ4v) is 2.09. The highest BCUT2D eigenvalue weighted by molar-refractivity contribution is 5.20. The quantitative estimate of drug-likeness (QED) is 0.648. The standard InChI is InChI=1S/C9H13N3O/c13-9-7-5-12(6-1-2-6)4-3-8(7)10-11-9/h6H,1-5H2,(H2,10,11,13). The van der Waals surface area contributed by atoms with Crippen LogP contribution >= 0.6 is 0 Å².